The smallest absolute Gasteiger partial charge is 0.0783 e. The zero-order valence-corrected chi connectivity index (χ0v) is 5.99. The molecule has 1 radical (unpaired) electrons. The van der Waals surface area contributed by atoms with E-state index in [0.29, 0.717) is 0 Å². The standard InChI is InChI=1S/C9H11/c1-4-6-8-9(3)7-5-2/h9H,2,4H2,1,3H3. The van der Waals surface area contributed by atoms with Crippen LogP contribution in [0.25, 0.3) is 0 Å². The van der Waals surface area contributed by atoms with Gasteiger partial charge in [-0.1, -0.05) is 18.8 Å². The predicted molar refractivity (Wildman–Crippen MR) is 40.4 cm³/mol. The normalized spacial score (nSPS) is 10.1. The van der Waals surface area contributed by atoms with Crippen LogP contribution in [0.3, 0.4) is 0 Å². The van der Waals surface area contributed by atoms with E-state index in [0.717, 1.165) is 6.42 Å². The Balaban J connectivity index is 3.71. The van der Waals surface area contributed by atoms with Gasteiger partial charge >= 0.3 is 0 Å². The van der Waals surface area contributed by atoms with E-state index < -0.39 is 0 Å². The van der Waals surface area contributed by atoms with Crippen LogP contribution in [-0.4, -0.2) is 0 Å². The summed E-state index contributed by atoms with van der Waals surface area (Å²) in [7, 11) is 0. The van der Waals surface area contributed by atoms with Gasteiger partial charge in [0.15, 0.2) is 0 Å². The van der Waals surface area contributed by atoms with E-state index in [9.17, 15) is 0 Å². The summed E-state index contributed by atoms with van der Waals surface area (Å²) in [6.45, 7) is 7.40. The SMILES string of the molecule is [CH2]C#CC(C)C#CCC. The molecule has 0 rings (SSSR count). The van der Waals surface area contributed by atoms with Gasteiger partial charge in [-0.3, -0.25) is 0 Å². The topological polar surface area (TPSA) is 0 Å². The van der Waals surface area contributed by atoms with Crippen molar-refractivity contribution in [2.75, 3.05) is 0 Å². The third-order valence-electron chi connectivity index (χ3n) is 0.814. The summed E-state index contributed by atoms with van der Waals surface area (Å²) < 4.78 is 0. The molecule has 0 heterocycles. The molecule has 0 aliphatic carbocycles. The van der Waals surface area contributed by atoms with Crippen LogP contribution in [0.15, 0.2) is 0 Å². The molecule has 0 heteroatoms. The highest BCUT2D eigenvalue weighted by atomic mass is 13.9. The van der Waals surface area contributed by atoms with Crippen LogP contribution in [0.5, 0.6) is 0 Å². The van der Waals surface area contributed by atoms with Gasteiger partial charge in [0.25, 0.3) is 0 Å². The Morgan fingerprint density at radius 3 is 2.56 bits per heavy atom. The third-order valence-corrected chi connectivity index (χ3v) is 0.814. The van der Waals surface area contributed by atoms with Crippen molar-refractivity contribution in [2.24, 2.45) is 5.92 Å². The summed E-state index contributed by atoms with van der Waals surface area (Å²) in [5.41, 5.74) is 0. The molecule has 0 amide bonds. The maximum absolute atomic E-state index is 3.40. The summed E-state index contributed by atoms with van der Waals surface area (Å²) >= 11 is 0. The van der Waals surface area contributed by atoms with Gasteiger partial charge in [0, 0.05) is 13.3 Å². The van der Waals surface area contributed by atoms with Crippen LogP contribution < -0.4 is 0 Å². The Hall–Kier alpha value is -0.880. The minimum Gasteiger partial charge on any atom is -0.102 e. The number of hydrogen-bond acceptors (Lipinski definition) is 0. The van der Waals surface area contributed by atoms with E-state index >= 15 is 0 Å². The zero-order valence-electron chi connectivity index (χ0n) is 5.99. The molecule has 0 bridgehead atoms. The van der Waals surface area contributed by atoms with E-state index in [1.54, 1.807) is 0 Å². The summed E-state index contributed by atoms with van der Waals surface area (Å²) in [6.07, 6.45) is 0.906. The molecule has 0 spiro atoms. The Labute approximate surface area is 57.7 Å². The first-order valence-corrected chi connectivity index (χ1v) is 3.07. The predicted octanol–water partition coefficient (Wildman–Crippen LogP) is 1.87. The van der Waals surface area contributed by atoms with Crippen molar-refractivity contribution in [3.05, 3.63) is 6.92 Å². The Morgan fingerprint density at radius 1 is 1.44 bits per heavy atom. The Morgan fingerprint density at radius 2 is 2.11 bits per heavy atom. The lowest BCUT2D eigenvalue weighted by atomic mass is 10.2. The van der Waals surface area contributed by atoms with Gasteiger partial charge in [-0.2, -0.15) is 0 Å². The van der Waals surface area contributed by atoms with Crippen molar-refractivity contribution >= 4 is 0 Å². The van der Waals surface area contributed by atoms with E-state index in [1.807, 2.05) is 13.8 Å². The summed E-state index contributed by atoms with van der Waals surface area (Å²) in [5.74, 6) is 11.5. The molecule has 0 saturated heterocycles. The molecule has 1 atom stereocenters. The van der Waals surface area contributed by atoms with Gasteiger partial charge in [-0.25, -0.2) is 0 Å². The van der Waals surface area contributed by atoms with Crippen LogP contribution in [0.1, 0.15) is 20.3 Å². The summed E-state index contributed by atoms with van der Waals surface area (Å²) in [5, 5.41) is 0. The van der Waals surface area contributed by atoms with Gasteiger partial charge in [-0.15, -0.1) is 11.8 Å². The van der Waals surface area contributed by atoms with Crippen molar-refractivity contribution in [1.29, 1.82) is 0 Å². The van der Waals surface area contributed by atoms with Crippen LogP contribution in [-0.2, 0) is 0 Å². The molecule has 0 aromatic carbocycles. The first-order valence-electron chi connectivity index (χ1n) is 3.07. The van der Waals surface area contributed by atoms with Crippen molar-refractivity contribution in [1.82, 2.24) is 0 Å². The van der Waals surface area contributed by atoms with Gasteiger partial charge in [0.1, 0.15) is 0 Å². The molecule has 0 fully saturated rings. The first kappa shape index (κ1) is 8.12. The van der Waals surface area contributed by atoms with E-state index in [-0.39, 0.29) is 5.92 Å². The van der Waals surface area contributed by atoms with E-state index in [2.05, 4.69) is 30.6 Å². The van der Waals surface area contributed by atoms with Crippen LogP contribution >= 0.6 is 0 Å². The monoisotopic (exact) mass is 119 g/mol. The largest absolute Gasteiger partial charge is 0.102 e. The molecule has 9 heavy (non-hydrogen) atoms. The summed E-state index contributed by atoms with van der Waals surface area (Å²) in [6, 6.07) is 0. The maximum atomic E-state index is 3.40. The summed E-state index contributed by atoms with van der Waals surface area (Å²) in [4.78, 5) is 0. The maximum Gasteiger partial charge on any atom is 0.0783 e. The molecule has 0 aliphatic heterocycles. The molecule has 47 valence electrons. The highest BCUT2D eigenvalue weighted by Crippen LogP contribution is 1.87. The fraction of sp³-hybridized carbons (Fsp3) is 0.444. The minimum absolute atomic E-state index is 0.183. The highest BCUT2D eigenvalue weighted by molar-refractivity contribution is 5.16. The average Bonchev–Trinajstić information content (AvgIpc) is 1.85. The van der Waals surface area contributed by atoms with E-state index in [1.165, 1.54) is 0 Å². The molecule has 0 saturated carbocycles. The molecular weight excluding hydrogens is 108 g/mol. The number of hydrogen-bond donors (Lipinski definition) is 0. The Bertz CT molecular complexity index is 168. The van der Waals surface area contributed by atoms with Crippen LogP contribution in [0.2, 0.25) is 0 Å². The highest BCUT2D eigenvalue weighted by Gasteiger charge is 1.83. The lowest BCUT2D eigenvalue weighted by Crippen LogP contribution is -1.81. The Kier molecular flexibility index (Phi) is 4.75. The second-order valence-electron chi connectivity index (χ2n) is 1.72. The van der Waals surface area contributed by atoms with Crippen LogP contribution in [0.4, 0.5) is 0 Å². The molecule has 0 nitrogen and oxygen atoms in total. The van der Waals surface area contributed by atoms with Gasteiger partial charge < -0.3 is 0 Å². The molecule has 0 aliphatic rings. The molecular formula is C9H11. The van der Waals surface area contributed by atoms with Crippen LogP contribution in [0, 0.1) is 36.5 Å². The minimum atomic E-state index is 0.183. The fourth-order valence-corrected chi connectivity index (χ4v) is 0.444. The fourth-order valence-electron chi connectivity index (χ4n) is 0.444. The lowest BCUT2D eigenvalue weighted by molar-refractivity contribution is 1.02. The first-order chi connectivity index (χ1) is 4.31. The van der Waals surface area contributed by atoms with Gasteiger partial charge in [0.05, 0.1) is 5.92 Å². The third kappa shape index (κ3) is 4.98. The lowest BCUT2D eigenvalue weighted by Gasteiger charge is -1.85. The van der Waals surface area contributed by atoms with E-state index in [4.69, 9.17) is 0 Å². The van der Waals surface area contributed by atoms with Crippen molar-refractivity contribution in [3.8, 4) is 23.7 Å². The van der Waals surface area contributed by atoms with Crippen molar-refractivity contribution in [2.45, 2.75) is 20.3 Å². The zero-order chi connectivity index (χ0) is 7.11. The quantitative estimate of drug-likeness (QED) is 0.427. The molecule has 0 aromatic heterocycles. The van der Waals surface area contributed by atoms with Crippen molar-refractivity contribution in [3.63, 3.8) is 0 Å². The second kappa shape index (κ2) is 5.26. The molecule has 0 N–H and O–H groups in total. The van der Waals surface area contributed by atoms with Gasteiger partial charge in [-0.05, 0) is 6.92 Å². The average molecular weight is 119 g/mol. The number of rotatable bonds is 0. The molecule has 1 unspecified atom stereocenters. The van der Waals surface area contributed by atoms with Gasteiger partial charge in [0.2, 0.25) is 0 Å². The van der Waals surface area contributed by atoms with Crippen molar-refractivity contribution < 1.29 is 0 Å². The second-order valence-corrected chi connectivity index (χ2v) is 1.72. The molecule has 0 aromatic rings.